The van der Waals surface area contributed by atoms with E-state index in [0.29, 0.717) is 28.6 Å². The van der Waals surface area contributed by atoms with Gasteiger partial charge in [0.1, 0.15) is 0 Å². The van der Waals surface area contributed by atoms with Crippen LogP contribution in [0.15, 0.2) is 5.16 Å². The summed E-state index contributed by atoms with van der Waals surface area (Å²) < 4.78 is 7.05. The molecule has 0 unspecified atom stereocenters. The smallest absolute Gasteiger partial charge is 0.339 e. The maximum atomic E-state index is 12.8. The minimum atomic E-state index is -0.428. The Morgan fingerprint density at radius 3 is 2.55 bits per heavy atom. The third-order valence-electron chi connectivity index (χ3n) is 5.64. The number of ether oxygens (including phenoxy) is 1. The second-order valence-electron chi connectivity index (χ2n) is 7.76. The lowest BCUT2D eigenvalue weighted by Crippen LogP contribution is -2.31. The molecule has 3 heterocycles. The van der Waals surface area contributed by atoms with Crippen LogP contribution in [0.1, 0.15) is 70.2 Å². The van der Waals surface area contributed by atoms with E-state index < -0.39 is 5.97 Å². The topological polar surface area (TPSA) is 93.1 Å². The minimum Gasteiger partial charge on any atom is -0.465 e. The quantitative estimate of drug-likeness (QED) is 0.420. The summed E-state index contributed by atoms with van der Waals surface area (Å²) in [4.78, 5) is 30.2. The van der Waals surface area contributed by atoms with Crippen LogP contribution in [0.2, 0.25) is 0 Å². The first-order valence-electron chi connectivity index (χ1n) is 10.1. The molecule has 4 rings (SSSR count). The number of aromatic nitrogens is 4. The van der Waals surface area contributed by atoms with E-state index in [1.165, 1.54) is 38.1 Å². The number of aryl methyl sites for hydroxylation is 1. The predicted octanol–water partition coefficient (Wildman–Crippen LogP) is 3.31. The fraction of sp³-hybridized carbons (Fsp3) is 0.600. The highest BCUT2D eigenvalue weighted by Gasteiger charge is 2.32. The summed E-state index contributed by atoms with van der Waals surface area (Å²) in [5, 5.41) is 9.66. The minimum absolute atomic E-state index is 0.0596. The van der Waals surface area contributed by atoms with Gasteiger partial charge in [-0.3, -0.25) is 9.36 Å². The SMILES string of the molecule is COC(=O)c1c(C)[nH]c(C(=O)CSc2nnc(N3CCCCC3)n2C2CC2)c1C. The van der Waals surface area contributed by atoms with E-state index in [1.54, 1.807) is 13.8 Å². The van der Waals surface area contributed by atoms with Gasteiger partial charge in [0.05, 0.1) is 24.1 Å². The highest BCUT2D eigenvalue weighted by molar-refractivity contribution is 7.99. The molecule has 1 saturated carbocycles. The van der Waals surface area contributed by atoms with Crippen LogP contribution in [-0.4, -0.2) is 57.5 Å². The molecule has 0 amide bonds. The van der Waals surface area contributed by atoms with Crippen molar-refractivity contribution in [1.82, 2.24) is 19.7 Å². The van der Waals surface area contributed by atoms with Crippen molar-refractivity contribution in [1.29, 1.82) is 0 Å². The number of anilines is 1. The number of hydrogen-bond donors (Lipinski definition) is 1. The Labute approximate surface area is 174 Å². The normalized spacial score (nSPS) is 16.9. The second-order valence-corrected chi connectivity index (χ2v) is 8.70. The summed E-state index contributed by atoms with van der Waals surface area (Å²) in [6.07, 6.45) is 5.92. The fourth-order valence-electron chi connectivity index (χ4n) is 3.97. The van der Waals surface area contributed by atoms with E-state index in [1.807, 2.05) is 0 Å². The first kappa shape index (κ1) is 20.0. The maximum absolute atomic E-state index is 12.8. The van der Waals surface area contributed by atoms with Gasteiger partial charge in [0.15, 0.2) is 10.9 Å². The molecule has 29 heavy (non-hydrogen) atoms. The van der Waals surface area contributed by atoms with Crippen molar-refractivity contribution in [3.8, 4) is 0 Å². The molecular formula is C20H27N5O3S. The van der Waals surface area contributed by atoms with Gasteiger partial charge in [0, 0.05) is 24.8 Å². The van der Waals surface area contributed by atoms with Gasteiger partial charge in [-0.25, -0.2) is 4.79 Å². The number of nitrogens with zero attached hydrogens (tertiary/aromatic N) is 4. The van der Waals surface area contributed by atoms with Crippen LogP contribution in [0.4, 0.5) is 5.95 Å². The molecule has 1 aliphatic heterocycles. The number of methoxy groups -OCH3 is 1. The van der Waals surface area contributed by atoms with Gasteiger partial charge in [0.2, 0.25) is 5.95 Å². The Hall–Kier alpha value is -2.29. The number of carbonyl (C=O) groups excluding carboxylic acids is 2. The Balaban J connectivity index is 1.50. The molecule has 0 spiro atoms. The van der Waals surface area contributed by atoms with Gasteiger partial charge < -0.3 is 14.6 Å². The fourth-order valence-corrected chi connectivity index (χ4v) is 4.84. The molecule has 2 fully saturated rings. The van der Waals surface area contributed by atoms with Crippen molar-refractivity contribution in [3.05, 3.63) is 22.5 Å². The Bertz CT molecular complexity index is 925. The van der Waals surface area contributed by atoms with E-state index in [-0.39, 0.29) is 11.5 Å². The largest absolute Gasteiger partial charge is 0.465 e. The number of carbonyl (C=O) groups is 2. The first-order valence-corrected chi connectivity index (χ1v) is 11.1. The lowest BCUT2D eigenvalue weighted by Gasteiger charge is -2.27. The Morgan fingerprint density at radius 1 is 1.17 bits per heavy atom. The van der Waals surface area contributed by atoms with Crippen LogP contribution in [-0.2, 0) is 4.74 Å². The lowest BCUT2D eigenvalue weighted by molar-refractivity contribution is 0.0599. The standard InChI is InChI=1S/C20H27N5O3S/c1-12-16(18(27)28-3)13(2)21-17(12)15(26)11-29-20-23-22-19(25(20)14-7-8-14)24-9-5-4-6-10-24/h14,21H,4-11H2,1-3H3. The van der Waals surface area contributed by atoms with Crippen molar-refractivity contribution < 1.29 is 14.3 Å². The summed E-state index contributed by atoms with van der Waals surface area (Å²) in [7, 11) is 1.34. The van der Waals surface area contributed by atoms with Crippen molar-refractivity contribution in [2.45, 2.75) is 57.1 Å². The zero-order valence-electron chi connectivity index (χ0n) is 17.2. The van der Waals surface area contributed by atoms with E-state index in [4.69, 9.17) is 4.74 Å². The molecule has 0 bridgehead atoms. The van der Waals surface area contributed by atoms with Crippen LogP contribution in [0.3, 0.4) is 0 Å². The predicted molar refractivity (Wildman–Crippen MR) is 111 cm³/mol. The lowest BCUT2D eigenvalue weighted by atomic mass is 10.1. The monoisotopic (exact) mass is 417 g/mol. The van der Waals surface area contributed by atoms with Crippen LogP contribution in [0.5, 0.6) is 0 Å². The van der Waals surface area contributed by atoms with Gasteiger partial charge >= 0.3 is 5.97 Å². The number of piperidine rings is 1. The Morgan fingerprint density at radius 2 is 1.90 bits per heavy atom. The maximum Gasteiger partial charge on any atom is 0.339 e. The number of hydrogen-bond acceptors (Lipinski definition) is 7. The van der Waals surface area contributed by atoms with Crippen molar-refractivity contribution >= 4 is 29.5 Å². The first-order chi connectivity index (χ1) is 14.0. The van der Waals surface area contributed by atoms with Gasteiger partial charge in [-0.05, 0) is 51.5 Å². The molecular weight excluding hydrogens is 390 g/mol. The average molecular weight is 418 g/mol. The molecule has 0 aromatic carbocycles. The molecule has 2 aromatic heterocycles. The number of rotatable bonds is 7. The van der Waals surface area contributed by atoms with Crippen LogP contribution in [0, 0.1) is 13.8 Å². The van der Waals surface area contributed by atoms with Crippen molar-refractivity contribution in [3.63, 3.8) is 0 Å². The summed E-state index contributed by atoms with van der Waals surface area (Å²) in [6.45, 7) is 5.59. The Kier molecular flexibility index (Phi) is 5.67. The molecule has 156 valence electrons. The summed E-state index contributed by atoms with van der Waals surface area (Å²) in [5.41, 5.74) is 2.19. The number of ketones is 1. The molecule has 2 aliphatic rings. The van der Waals surface area contributed by atoms with Crippen molar-refractivity contribution in [2.75, 3.05) is 30.9 Å². The van der Waals surface area contributed by atoms with Crippen LogP contribution in [0.25, 0.3) is 0 Å². The van der Waals surface area contributed by atoms with E-state index in [0.717, 1.165) is 37.0 Å². The molecule has 0 radical (unpaired) electrons. The third-order valence-corrected chi connectivity index (χ3v) is 6.58. The highest BCUT2D eigenvalue weighted by Crippen LogP contribution is 2.41. The number of Topliss-reactive ketones (excluding diaryl/α,β-unsaturated/α-hetero) is 1. The van der Waals surface area contributed by atoms with E-state index in [2.05, 4.69) is 24.6 Å². The van der Waals surface area contributed by atoms with E-state index >= 15 is 0 Å². The number of H-pyrrole nitrogens is 1. The van der Waals surface area contributed by atoms with Crippen LogP contribution < -0.4 is 4.90 Å². The molecule has 8 nitrogen and oxygen atoms in total. The molecule has 1 aliphatic carbocycles. The zero-order valence-corrected chi connectivity index (χ0v) is 18.0. The zero-order chi connectivity index (χ0) is 20.5. The number of nitrogens with one attached hydrogen (secondary N) is 1. The van der Waals surface area contributed by atoms with Crippen molar-refractivity contribution in [2.24, 2.45) is 0 Å². The van der Waals surface area contributed by atoms with Gasteiger partial charge in [0.25, 0.3) is 0 Å². The molecule has 1 N–H and O–H groups in total. The molecule has 1 saturated heterocycles. The van der Waals surface area contributed by atoms with Gasteiger partial charge in [-0.2, -0.15) is 0 Å². The van der Waals surface area contributed by atoms with Crippen LogP contribution >= 0.6 is 11.8 Å². The molecule has 9 heteroatoms. The number of aromatic amines is 1. The van der Waals surface area contributed by atoms with E-state index in [9.17, 15) is 9.59 Å². The summed E-state index contributed by atoms with van der Waals surface area (Å²) in [6, 6.07) is 0.444. The highest BCUT2D eigenvalue weighted by atomic mass is 32.2. The number of esters is 1. The molecule has 2 aromatic rings. The van der Waals surface area contributed by atoms with Gasteiger partial charge in [-0.1, -0.05) is 11.8 Å². The van der Waals surface area contributed by atoms with Gasteiger partial charge in [-0.15, -0.1) is 10.2 Å². The summed E-state index contributed by atoms with van der Waals surface area (Å²) in [5.74, 6) is 0.701. The number of thioether (sulfide) groups is 1. The average Bonchev–Trinajstić information content (AvgIpc) is 3.41. The second kappa shape index (κ2) is 8.22. The molecule has 0 atom stereocenters. The third kappa shape index (κ3) is 3.92. The summed E-state index contributed by atoms with van der Waals surface area (Å²) >= 11 is 1.42.